The quantitative estimate of drug-likeness (QED) is 0.245. The topological polar surface area (TPSA) is 99.9 Å². The molecule has 2 amide bonds. The predicted molar refractivity (Wildman–Crippen MR) is 149 cm³/mol. The normalized spacial score (nSPS) is 10.6. The highest BCUT2D eigenvalue weighted by Crippen LogP contribution is 2.28. The lowest BCUT2D eigenvalue weighted by Crippen LogP contribution is -2.44. The molecule has 0 saturated carbocycles. The molecule has 10 heteroatoms. The minimum atomic E-state index is -0.318. The van der Waals surface area contributed by atoms with Crippen molar-refractivity contribution in [3.8, 4) is 23.0 Å². The Morgan fingerprint density at radius 1 is 0.800 bits per heavy atom. The number of benzene rings is 2. The maximum Gasteiger partial charge on any atom is 0.258 e. The van der Waals surface area contributed by atoms with Gasteiger partial charge in [-0.2, -0.15) is 0 Å². The Morgan fingerprint density at radius 2 is 1.57 bits per heavy atom. The lowest BCUT2D eigenvalue weighted by molar-refractivity contribution is -0.132. The van der Waals surface area contributed by atoms with Gasteiger partial charge in [0.25, 0.3) is 5.91 Å². The number of rotatable bonds is 16. The average Bonchev–Trinajstić information content (AvgIpc) is 3.51. The van der Waals surface area contributed by atoms with Crippen LogP contribution >= 0.6 is 0 Å². The Kier molecular flexibility index (Phi) is 11.7. The van der Waals surface area contributed by atoms with Crippen LogP contribution < -0.4 is 18.9 Å². The van der Waals surface area contributed by atoms with Gasteiger partial charge in [0.1, 0.15) is 23.8 Å². The molecular formula is C30H38N2O8. The van der Waals surface area contributed by atoms with E-state index in [4.69, 9.17) is 28.1 Å². The van der Waals surface area contributed by atoms with Crippen LogP contribution in [0.2, 0.25) is 0 Å². The monoisotopic (exact) mass is 554 g/mol. The summed E-state index contributed by atoms with van der Waals surface area (Å²) in [4.78, 5) is 30.6. The molecule has 0 aliphatic rings. The molecule has 0 radical (unpaired) electrons. The molecule has 10 nitrogen and oxygen atoms in total. The molecule has 2 aromatic carbocycles. The van der Waals surface area contributed by atoms with Crippen molar-refractivity contribution in [3.63, 3.8) is 0 Å². The van der Waals surface area contributed by atoms with Crippen LogP contribution in [0.3, 0.4) is 0 Å². The molecule has 0 atom stereocenters. The van der Waals surface area contributed by atoms with Gasteiger partial charge in [0, 0.05) is 32.9 Å². The summed E-state index contributed by atoms with van der Waals surface area (Å²) in [6.07, 6.45) is 2.71. The first kappa shape index (κ1) is 30.4. The van der Waals surface area contributed by atoms with Crippen molar-refractivity contribution in [2.75, 3.05) is 61.8 Å². The average molecular weight is 555 g/mol. The molecule has 0 N–H and O–H groups in total. The predicted octanol–water partition coefficient (Wildman–Crippen LogP) is 4.06. The number of hydrogen-bond donors (Lipinski definition) is 0. The second-order valence-corrected chi connectivity index (χ2v) is 8.97. The largest absolute Gasteiger partial charge is 0.497 e. The Morgan fingerprint density at radius 3 is 2.23 bits per heavy atom. The third kappa shape index (κ3) is 8.16. The fourth-order valence-electron chi connectivity index (χ4n) is 4.24. The summed E-state index contributed by atoms with van der Waals surface area (Å²) in [7, 11) is 7.81. The highest BCUT2D eigenvalue weighted by atomic mass is 16.5. The molecule has 0 unspecified atom stereocenters. The van der Waals surface area contributed by atoms with Gasteiger partial charge in [-0.1, -0.05) is 6.07 Å². The van der Waals surface area contributed by atoms with E-state index < -0.39 is 0 Å². The molecule has 3 aromatic rings. The third-order valence-corrected chi connectivity index (χ3v) is 6.43. The van der Waals surface area contributed by atoms with Crippen LogP contribution in [0, 0.1) is 0 Å². The van der Waals surface area contributed by atoms with Gasteiger partial charge >= 0.3 is 0 Å². The molecule has 0 aliphatic heterocycles. The maximum atomic E-state index is 13.7. The Bertz CT molecular complexity index is 1230. The maximum absolute atomic E-state index is 13.7. The first-order chi connectivity index (χ1) is 19.4. The summed E-state index contributed by atoms with van der Waals surface area (Å²) in [5, 5.41) is 0. The van der Waals surface area contributed by atoms with Crippen molar-refractivity contribution in [2.45, 2.75) is 19.4 Å². The van der Waals surface area contributed by atoms with Gasteiger partial charge in [-0.3, -0.25) is 9.59 Å². The molecule has 1 heterocycles. The fraction of sp³-hybridized carbons (Fsp3) is 0.400. The lowest BCUT2D eigenvalue weighted by atomic mass is 10.1. The smallest absolute Gasteiger partial charge is 0.258 e. The summed E-state index contributed by atoms with van der Waals surface area (Å²) in [5.74, 6) is 2.30. The van der Waals surface area contributed by atoms with Crippen LogP contribution in [0.25, 0.3) is 0 Å². The van der Waals surface area contributed by atoms with E-state index in [2.05, 4.69) is 0 Å². The van der Waals surface area contributed by atoms with Crippen LogP contribution in [0.5, 0.6) is 23.0 Å². The molecule has 0 saturated heterocycles. The Labute approximate surface area is 235 Å². The van der Waals surface area contributed by atoms with E-state index >= 15 is 0 Å². The highest BCUT2D eigenvalue weighted by Gasteiger charge is 2.25. The zero-order chi connectivity index (χ0) is 28.9. The molecule has 0 fully saturated rings. The van der Waals surface area contributed by atoms with Crippen LogP contribution in [-0.4, -0.2) is 83.4 Å². The number of nitrogens with zero attached hydrogens (tertiary/aromatic N) is 2. The van der Waals surface area contributed by atoms with Crippen molar-refractivity contribution < 1.29 is 37.7 Å². The number of carbonyl (C=O) groups is 2. The summed E-state index contributed by atoms with van der Waals surface area (Å²) in [6, 6.07) is 14.3. The van der Waals surface area contributed by atoms with Crippen LogP contribution in [0.1, 0.15) is 28.1 Å². The van der Waals surface area contributed by atoms with E-state index in [0.717, 1.165) is 5.56 Å². The standard InChI is InChI=1S/C30H38N2O8/c1-35-16-7-14-32(30(34)25-11-10-23(36-2)19-27(25)38-4)21-29(33)31(20-24-8-6-17-40-24)15-13-22-9-12-26(37-3)28(18-22)39-5/h6,8-12,17-19H,7,13-16,20-21H2,1-5H3. The van der Waals surface area contributed by atoms with Gasteiger partial charge < -0.3 is 37.9 Å². The molecule has 0 spiro atoms. The Hall–Kier alpha value is -4.18. The third-order valence-electron chi connectivity index (χ3n) is 6.43. The van der Waals surface area contributed by atoms with Gasteiger partial charge in [-0.25, -0.2) is 0 Å². The van der Waals surface area contributed by atoms with Crippen molar-refractivity contribution in [1.29, 1.82) is 0 Å². The molecule has 40 heavy (non-hydrogen) atoms. The zero-order valence-electron chi connectivity index (χ0n) is 23.8. The van der Waals surface area contributed by atoms with E-state index in [9.17, 15) is 9.59 Å². The molecule has 3 rings (SSSR count). The van der Waals surface area contributed by atoms with Crippen molar-refractivity contribution in [1.82, 2.24) is 9.80 Å². The van der Waals surface area contributed by atoms with E-state index in [1.165, 1.54) is 12.0 Å². The molecule has 1 aromatic heterocycles. The van der Waals surface area contributed by atoms with E-state index in [1.54, 1.807) is 63.9 Å². The van der Waals surface area contributed by atoms with E-state index in [-0.39, 0.29) is 24.9 Å². The van der Waals surface area contributed by atoms with Gasteiger partial charge in [0.2, 0.25) is 5.91 Å². The van der Waals surface area contributed by atoms with Gasteiger partial charge in [-0.15, -0.1) is 0 Å². The fourth-order valence-corrected chi connectivity index (χ4v) is 4.24. The first-order valence-corrected chi connectivity index (χ1v) is 12.9. The Balaban J connectivity index is 1.82. The minimum Gasteiger partial charge on any atom is -0.497 e. The van der Waals surface area contributed by atoms with Gasteiger partial charge in [-0.05, 0) is 54.8 Å². The molecular weight excluding hydrogens is 516 g/mol. The van der Waals surface area contributed by atoms with Crippen LogP contribution in [0.15, 0.2) is 59.2 Å². The van der Waals surface area contributed by atoms with E-state index in [1.807, 2.05) is 24.3 Å². The summed E-state index contributed by atoms with van der Waals surface area (Å²) < 4.78 is 32.2. The second kappa shape index (κ2) is 15.4. The molecule has 0 aliphatic carbocycles. The number of carbonyl (C=O) groups excluding carboxylic acids is 2. The zero-order valence-corrected chi connectivity index (χ0v) is 23.8. The van der Waals surface area contributed by atoms with Gasteiger partial charge in [0.05, 0.1) is 46.8 Å². The van der Waals surface area contributed by atoms with Crippen LogP contribution in [0.4, 0.5) is 0 Å². The molecule has 0 bridgehead atoms. The first-order valence-electron chi connectivity index (χ1n) is 12.9. The van der Waals surface area contributed by atoms with Gasteiger partial charge in [0.15, 0.2) is 11.5 Å². The second-order valence-electron chi connectivity index (χ2n) is 8.97. The highest BCUT2D eigenvalue weighted by molar-refractivity contribution is 5.99. The van der Waals surface area contributed by atoms with Crippen molar-refractivity contribution in [3.05, 3.63) is 71.7 Å². The minimum absolute atomic E-state index is 0.121. The van der Waals surface area contributed by atoms with Crippen molar-refractivity contribution in [2.24, 2.45) is 0 Å². The number of hydrogen-bond acceptors (Lipinski definition) is 8. The molecule has 216 valence electrons. The number of furan rings is 1. The summed E-state index contributed by atoms with van der Waals surface area (Å²) in [6.45, 7) is 1.33. The number of methoxy groups -OCH3 is 5. The summed E-state index contributed by atoms with van der Waals surface area (Å²) >= 11 is 0. The lowest BCUT2D eigenvalue weighted by Gasteiger charge is -2.28. The summed E-state index contributed by atoms with van der Waals surface area (Å²) in [5.41, 5.74) is 1.32. The SMILES string of the molecule is COCCCN(CC(=O)N(CCc1ccc(OC)c(OC)c1)Cc1ccco1)C(=O)c1ccc(OC)cc1OC. The number of ether oxygens (including phenoxy) is 5. The van der Waals surface area contributed by atoms with Crippen LogP contribution in [-0.2, 0) is 22.5 Å². The number of amides is 2. The van der Waals surface area contributed by atoms with E-state index in [0.29, 0.717) is 66.9 Å². The van der Waals surface area contributed by atoms with Crippen molar-refractivity contribution >= 4 is 11.8 Å².